The molecule has 1 heterocycles. The van der Waals surface area contributed by atoms with Gasteiger partial charge in [0.1, 0.15) is 6.54 Å². The van der Waals surface area contributed by atoms with Gasteiger partial charge < -0.3 is 9.64 Å². The summed E-state index contributed by atoms with van der Waals surface area (Å²) in [5, 5.41) is 0. The van der Waals surface area contributed by atoms with Gasteiger partial charge in [-0.2, -0.15) is 0 Å². The molecule has 1 aliphatic rings. The van der Waals surface area contributed by atoms with Crippen molar-refractivity contribution in [2.24, 2.45) is 11.8 Å². The van der Waals surface area contributed by atoms with E-state index in [0.29, 0.717) is 11.8 Å². The Bertz CT molecular complexity index is 472. The molecule has 1 aromatic carbocycles. The monoisotopic (exact) mass is 277 g/mol. The maximum absolute atomic E-state index is 11.5. The highest BCUT2D eigenvalue weighted by atomic mass is 32.1. The van der Waals surface area contributed by atoms with E-state index in [-0.39, 0.29) is 18.6 Å². The number of likely N-dealkylation sites (tertiary alicyclic amines) is 1. The van der Waals surface area contributed by atoms with Crippen LogP contribution in [0.4, 0.5) is 0 Å². The van der Waals surface area contributed by atoms with Crippen LogP contribution in [0.2, 0.25) is 0 Å². The Morgan fingerprint density at radius 2 is 2.00 bits per heavy atom. The van der Waals surface area contributed by atoms with E-state index in [9.17, 15) is 4.79 Å². The number of carbonyl (C=O) groups excluding carboxylic acids is 1. The average molecular weight is 277 g/mol. The Morgan fingerprint density at radius 1 is 1.37 bits per heavy atom. The van der Waals surface area contributed by atoms with Gasteiger partial charge in [0.2, 0.25) is 0 Å². The minimum Gasteiger partial charge on any atom is -0.468 e. The number of ether oxygens (including phenoxy) is 1. The molecular weight excluding hydrogens is 258 g/mol. The van der Waals surface area contributed by atoms with Crippen molar-refractivity contribution in [2.75, 3.05) is 13.7 Å². The molecule has 2 rings (SSSR count). The molecule has 0 amide bonds. The third-order valence-corrected chi connectivity index (χ3v) is 4.14. The Morgan fingerprint density at radius 3 is 2.53 bits per heavy atom. The second-order valence-electron chi connectivity index (χ2n) is 5.17. The van der Waals surface area contributed by atoms with Crippen LogP contribution in [-0.4, -0.2) is 29.5 Å². The van der Waals surface area contributed by atoms with Gasteiger partial charge in [0, 0.05) is 5.92 Å². The summed E-state index contributed by atoms with van der Waals surface area (Å²) in [6.45, 7) is 4.57. The standard InChI is InChI=1S/C15H19NO2S/c1-10(2)13-14(11-7-5-4-6-8-11)16(15(13)19)9-12(17)18-3/h4-8,10,13-14H,9H2,1-3H3. The first-order chi connectivity index (χ1) is 9.06. The highest BCUT2D eigenvalue weighted by Crippen LogP contribution is 2.44. The summed E-state index contributed by atoms with van der Waals surface area (Å²) in [5.74, 6) is 0.541. The van der Waals surface area contributed by atoms with Crippen molar-refractivity contribution in [3.05, 3.63) is 35.9 Å². The number of thiocarbonyl (C=S) groups is 1. The number of rotatable bonds is 4. The Kier molecular flexibility index (Phi) is 4.20. The molecule has 19 heavy (non-hydrogen) atoms. The molecule has 1 fully saturated rings. The predicted octanol–water partition coefficient (Wildman–Crippen LogP) is 2.82. The summed E-state index contributed by atoms with van der Waals surface area (Å²) in [7, 11) is 1.41. The van der Waals surface area contributed by atoms with Crippen LogP contribution in [0.3, 0.4) is 0 Å². The zero-order chi connectivity index (χ0) is 14.0. The zero-order valence-corrected chi connectivity index (χ0v) is 12.3. The highest BCUT2D eigenvalue weighted by molar-refractivity contribution is 7.80. The molecule has 1 aromatic rings. The zero-order valence-electron chi connectivity index (χ0n) is 11.5. The maximum Gasteiger partial charge on any atom is 0.325 e. The lowest BCUT2D eigenvalue weighted by Crippen LogP contribution is -2.57. The van der Waals surface area contributed by atoms with Gasteiger partial charge in [0.05, 0.1) is 18.1 Å². The maximum atomic E-state index is 11.5. The van der Waals surface area contributed by atoms with E-state index < -0.39 is 0 Å². The second kappa shape index (κ2) is 5.70. The molecule has 2 unspecified atom stereocenters. The molecule has 0 bridgehead atoms. The van der Waals surface area contributed by atoms with Crippen LogP contribution in [0.25, 0.3) is 0 Å². The molecule has 1 aliphatic heterocycles. The fraction of sp³-hybridized carbons (Fsp3) is 0.467. The van der Waals surface area contributed by atoms with Crippen LogP contribution in [0.5, 0.6) is 0 Å². The minimum absolute atomic E-state index is 0.188. The Hall–Kier alpha value is -1.42. The fourth-order valence-corrected chi connectivity index (χ4v) is 3.22. The molecule has 2 atom stereocenters. The Labute approximate surface area is 119 Å². The summed E-state index contributed by atoms with van der Waals surface area (Å²) in [5.41, 5.74) is 1.21. The van der Waals surface area contributed by atoms with Gasteiger partial charge in [-0.15, -0.1) is 0 Å². The first kappa shape index (κ1) is 14.0. The third-order valence-electron chi connectivity index (χ3n) is 3.63. The van der Waals surface area contributed by atoms with Gasteiger partial charge in [-0.05, 0) is 11.5 Å². The number of carbonyl (C=O) groups is 1. The number of hydrogen-bond donors (Lipinski definition) is 0. The molecular formula is C15H19NO2S. The molecule has 3 nitrogen and oxygen atoms in total. The van der Waals surface area contributed by atoms with Crippen molar-refractivity contribution < 1.29 is 9.53 Å². The minimum atomic E-state index is -0.245. The van der Waals surface area contributed by atoms with E-state index in [2.05, 4.69) is 26.0 Å². The lowest BCUT2D eigenvalue weighted by molar-refractivity contribution is -0.142. The molecule has 0 spiro atoms. The van der Waals surface area contributed by atoms with Gasteiger partial charge in [-0.1, -0.05) is 56.4 Å². The first-order valence-corrected chi connectivity index (χ1v) is 6.89. The highest BCUT2D eigenvalue weighted by Gasteiger charge is 2.46. The van der Waals surface area contributed by atoms with Crippen LogP contribution in [0.1, 0.15) is 25.5 Å². The average Bonchev–Trinajstić information content (AvgIpc) is 2.41. The van der Waals surface area contributed by atoms with E-state index in [4.69, 9.17) is 17.0 Å². The molecule has 0 aliphatic carbocycles. The lowest BCUT2D eigenvalue weighted by Gasteiger charge is -2.51. The van der Waals surface area contributed by atoms with Crippen molar-refractivity contribution in [3.63, 3.8) is 0 Å². The van der Waals surface area contributed by atoms with Crippen molar-refractivity contribution in [2.45, 2.75) is 19.9 Å². The summed E-state index contributed by atoms with van der Waals surface area (Å²) < 4.78 is 4.74. The normalized spacial score (nSPS) is 22.3. The van der Waals surface area contributed by atoms with Crippen LogP contribution < -0.4 is 0 Å². The van der Waals surface area contributed by atoms with Crippen LogP contribution in [0.15, 0.2) is 30.3 Å². The number of methoxy groups -OCH3 is 1. The Balaban J connectivity index is 2.23. The van der Waals surface area contributed by atoms with E-state index in [1.54, 1.807) is 0 Å². The first-order valence-electron chi connectivity index (χ1n) is 6.48. The van der Waals surface area contributed by atoms with E-state index in [1.165, 1.54) is 12.7 Å². The van der Waals surface area contributed by atoms with Crippen LogP contribution in [0, 0.1) is 11.8 Å². The van der Waals surface area contributed by atoms with Crippen molar-refractivity contribution >= 4 is 23.2 Å². The largest absolute Gasteiger partial charge is 0.468 e. The smallest absolute Gasteiger partial charge is 0.325 e. The third kappa shape index (κ3) is 2.63. The van der Waals surface area contributed by atoms with E-state index >= 15 is 0 Å². The van der Waals surface area contributed by atoms with Gasteiger partial charge in [-0.25, -0.2) is 0 Å². The summed E-state index contributed by atoms with van der Waals surface area (Å²) in [6.07, 6.45) is 0. The lowest BCUT2D eigenvalue weighted by atomic mass is 9.76. The van der Waals surface area contributed by atoms with Gasteiger partial charge in [0.25, 0.3) is 0 Å². The SMILES string of the molecule is COC(=O)CN1C(=S)C(C(C)C)C1c1ccccc1. The van der Waals surface area contributed by atoms with Gasteiger partial charge in [0.15, 0.2) is 0 Å². The fourth-order valence-electron chi connectivity index (χ4n) is 2.64. The number of esters is 1. The van der Waals surface area contributed by atoms with Crippen LogP contribution in [-0.2, 0) is 9.53 Å². The van der Waals surface area contributed by atoms with Crippen molar-refractivity contribution in [1.29, 1.82) is 0 Å². The number of nitrogens with zero attached hydrogens (tertiary/aromatic N) is 1. The predicted molar refractivity (Wildman–Crippen MR) is 78.8 cm³/mol. The molecule has 0 N–H and O–H groups in total. The van der Waals surface area contributed by atoms with Crippen molar-refractivity contribution in [1.82, 2.24) is 4.90 Å². The van der Waals surface area contributed by atoms with E-state index in [0.717, 1.165) is 4.99 Å². The number of benzene rings is 1. The summed E-state index contributed by atoms with van der Waals surface area (Å²) in [6, 6.07) is 10.4. The summed E-state index contributed by atoms with van der Waals surface area (Å²) in [4.78, 5) is 14.3. The van der Waals surface area contributed by atoms with E-state index in [1.807, 2.05) is 23.1 Å². The molecule has 4 heteroatoms. The molecule has 0 radical (unpaired) electrons. The topological polar surface area (TPSA) is 29.5 Å². The molecule has 102 valence electrons. The molecule has 0 saturated carbocycles. The second-order valence-corrected chi connectivity index (χ2v) is 5.59. The summed E-state index contributed by atoms with van der Waals surface area (Å²) >= 11 is 5.46. The number of hydrogen-bond acceptors (Lipinski definition) is 3. The van der Waals surface area contributed by atoms with Crippen LogP contribution >= 0.6 is 12.2 Å². The molecule has 0 aromatic heterocycles. The quantitative estimate of drug-likeness (QED) is 0.625. The van der Waals surface area contributed by atoms with Crippen molar-refractivity contribution in [3.8, 4) is 0 Å². The molecule has 1 saturated heterocycles. The van der Waals surface area contributed by atoms with Gasteiger partial charge >= 0.3 is 5.97 Å². The van der Waals surface area contributed by atoms with Gasteiger partial charge in [-0.3, -0.25) is 4.79 Å².